The molecule has 0 unspecified atom stereocenters. The second kappa shape index (κ2) is 26.6. The molecule has 19 nitrogen and oxygen atoms in total. The summed E-state index contributed by atoms with van der Waals surface area (Å²) >= 11 is 10.2. The van der Waals surface area contributed by atoms with E-state index in [1.54, 1.807) is 24.4 Å². The number of hydrogen-bond donors (Lipinski definition) is 4. The highest BCUT2D eigenvalue weighted by Crippen LogP contribution is 2.44. The number of hydrogen-bond acceptors (Lipinski definition) is 21. The Bertz CT molecular complexity index is 3220. The fraction of sp³-hybridized carbons (Fsp3) is 0.367. The molecule has 10 rings (SSSR count). The zero-order valence-electron chi connectivity index (χ0n) is 45.8. The SMILES string of the molecule is CC1(C)OB(B2OC(C)(C)C(C)(C)O2)OC1(C)C.CC1(C)OB(c2ccc(F)s2)OC1(C)C.Fc1ccc(Br)s1.Nc1c(-c2ccc(F)s2)cncc1[N+](=O)[O-].Nc1c(Br)cncc1[N+](=O)[O-].Nc1cncc(-c2ccc(F)s2)c1N. The summed E-state index contributed by atoms with van der Waals surface area (Å²) in [6.45, 7) is 24.1. The highest BCUT2D eigenvalue weighted by molar-refractivity contribution is 9.11. The van der Waals surface area contributed by atoms with Crippen molar-refractivity contribution >= 4 is 137 Å². The lowest BCUT2D eigenvalue weighted by Gasteiger charge is -2.32. The molecule has 0 atom stereocenters. The summed E-state index contributed by atoms with van der Waals surface area (Å²) < 4.78 is 87.9. The van der Waals surface area contributed by atoms with Gasteiger partial charge >= 0.3 is 32.5 Å². The van der Waals surface area contributed by atoms with Gasteiger partial charge in [-0.1, -0.05) is 11.3 Å². The third kappa shape index (κ3) is 16.8. The van der Waals surface area contributed by atoms with Gasteiger partial charge in [0.1, 0.15) is 23.8 Å². The minimum Gasteiger partial charge on any atom is -0.405 e. The van der Waals surface area contributed by atoms with Crippen molar-refractivity contribution in [3.05, 3.63) is 135 Å². The van der Waals surface area contributed by atoms with Crippen LogP contribution in [0.15, 0.2) is 94.0 Å². The van der Waals surface area contributed by atoms with E-state index in [4.69, 9.17) is 50.9 Å². The van der Waals surface area contributed by atoms with E-state index in [0.29, 0.717) is 31.9 Å². The number of thiophene rings is 4. The molecule has 434 valence electrons. The van der Waals surface area contributed by atoms with Gasteiger partial charge in [0.2, 0.25) is 0 Å². The third-order valence-electron chi connectivity index (χ3n) is 13.4. The lowest BCUT2D eigenvalue weighted by Crippen LogP contribution is -2.41. The minimum atomic E-state index is -0.615. The fourth-order valence-corrected chi connectivity index (χ4v) is 10.3. The Hall–Kier alpha value is -5.12. The molecular formula is C49H58B3Br2F4N9O10S4. The average Bonchev–Trinajstić information content (AvgIpc) is 4.25. The number of anilines is 4. The summed E-state index contributed by atoms with van der Waals surface area (Å²) in [5.41, 5.74) is 21.7. The Labute approximate surface area is 499 Å². The Morgan fingerprint density at radius 2 is 0.827 bits per heavy atom. The summed E-state index contributed by atoms with van der Waals surface area (Å²) in [5, 5.41) is 19.9. The predicted molar refractivity (Wildman–Crippen MR) is 322 cm³/mol. The molecule has 0 spiro atoms. The Balaban J connectivity index is 0.000000181. The topological polar surface area (TPSA) is 284 Å². The molecule has 0 aliphatic carbocycles. The second-order valence-electron chi connectivity index (χ2n) is 20.6. The molecule has 0 amide bonds. The van der Waals surface area contributed by atoms with Crippen LogP contribution in [0, 0.1) is 40.8 Å². The second-order valence-corrected chi connectivity index (χ2v) is 27.0. The van der Waals surface area contributed by atoms with Crippen molar-refractivity contribution in [2.45, 2.75) is 117 Å². The number of aromatic nitrogens is 3. The van der Waals surface area contributed by atoms with E-state index in [1.165, 1.54) is 48.9 Å². The Morgan fingerprint density at radius 3 is 1.17 bits per heavy atom. The van der Waals surface area contributed by atoms with Crippen LogP contribution < -0.4 is 27.7 Å². The monoisotopic (exact) mass is 1330 g/mol. The summed E-state index contributed by atoms with van der Waals surface area (Å²) in [4.78, 5) is 32.2. The van der Waals surface area contributed by atoms with Crippen LogP contribution in [-0.2, 0) is 27.9 Å². The maximum Gasteiger partial charge on any atom is 0.505 e. The third-order valence-corrected chi connectivity index (χ3v) is 18.1. The van der Waals surface area contributed by atoms with E-state index in [9.17, 15) is 37.8 Å². The molecule has 0 bridgehead atoms. The van der Waals surface area contributed by atoms with Crippen molar-refractivity contribution in [2.75, 3.05) is 22.9 Å². The van der Waals surface area contributed by atoms with E-state index in [1.807, 2.05) is 83.1 Å². The van der Waals surface area contributed by atoms with E-state index in [0.717, 1.165) is 71.2 Å². The fourth-order valence-electron chi connectivity index (χ4n) is 6.69. The number of nitrogens with two attached hydrogens (primary N) is 4. The van der Waals surface area contributed by atoms with Crippen LogP contribution in [-0.4, -0.2) is 79.5 Å². The van der Waals surface area contributed by atoms with E-state index >= 15 is 0 Å². The van der Waals surface area contributed by atoms with E-state index in [-0.39, 0.29) is 76.9 Å². The first kappa shape index (κ1) is 66.7. The van der Waals surface area contributed by atoms with Crippen LogP contribution in [0.2, 0.25) is 0 Å². The number of nitrogens with zero attached hydrogens (tertiary/aromatic N) is 5. The van der Waals surface area contributed by atoms with Crippen LogP contribution in [0.25, 0.3) is 20.9 Å². The first-order valence-electron chi connectivity index (χ1n) is 24.0. The molecule has 32 heteroatoms. The van der Waals surface area contributed by atoms with Gasteiger partial charge in [-0.05, 0) is 163 Å². The van der Waals surface area contributed by atoms with Gasteiger partial charge in [-0.25, -0.2) is 0 Å². The zero-order chi connectivity index (χ0) is 60.8. The van der Waals surface area contributed by atoms with E-state index < -0.39 is 31.0 Å². The molecule has 81 heavy (non-hydrogen) atoms. The number of rotatable bonds is 6. The summed E-state index contributed by atoms with van der Waals surface area (Å²) in [5.74, 6) is 0. The molecule has 3 fully saturated rings. The van der Waals surface area contributed by atoms with Crippen molar-refractivity contribution in [3.8, 4) is 20.9 Å². The van der Waals surface area contributed by atoms with Crippen molar-refractivity contribution < 1.29 is 55.3 Å². The highest BCUT2D eigenvalue weighted by atomic mass is 79.9. The van der Waals surface area contributed by atoms with Crippen molar-refractivity contribution in [3.63, 3.8) is 0 Å². The van der Waals surface area contributed by atoms with Gasteiger partial charge < -0.3 is 50.9 Å². The summed E-state index contributed by atoms with van der Waals surface area (Å²) in [7, 11) is -1.39. The molecule has 0 aromatic carbocycles. The van der Waals surface area contributed by atoms with Crippen LogP contribution in [0.1, 0.15) is 83.1 Å². The smallest absolute Gasteiger partial charge is 0.405 e. The van der Waals surface area contributed by atoms with E-state index in [2.05, 4.69) is 46.8 Å². The number of pyridine rings is 3. The van der Waals surface area contributed by atoms with Crippen molar-refractivity contribution in [2.24, 2.45) is 0 Å². The normalized spacial score (nSPS) is 17.4. The first-order valence-corrected chi connectivity index (χ1v) is 28.9. The summed E-state index contributed by atoms with van der Waals surface area (Å²) in [6, 6.07) is 12.1. The molecule has 0 radical (unpaired) electrons. The Morgan fingerprint density at radius 1 is 0.469 bits per heavy atom. The molecule has 10 heterocycles. The molecule has 0 saturated carbocycles. The predicted octanol–water partition coefficient (Wildman–Crippen LogP) is 13.0. The van der Waals surface area contributed by atoms with Gasteiger partial charge in [0.05, 0.1) is 69.3 Å². The average molecular weight is 1330 g/mol. The highest BCUT2D eigenvalue weighted by Gasteiger charge is 2.63. The molecule has 3 aliphatic rings. The van der Waals surface area contributed by atoms with Crippen LogP contribution in [0.4, 0.5) is 51.7 Å². The maximum absolute atomic E-state index is 12.9. The molecule has 7 aromatic rings. The lowest BCUT2D eigenvalue weighted by atomic mass is 9.49. The molecular weight excluding hydrogens is 1270 g/mol. The van der Waals surface area contributed by atoms with Gasteiger partial charge in [-0.2, -0.15) is 17.6 Å². The van der Waals surface area contributed by atoms with Gasteiger partial charge in [0.15, 0.2) is 20.5 Å². The standard InChI is InChI=1S/C12H24B2O4.C10H14BFO2S.C9H6FN3O2S.C9H8FN3S.C5H4BrN3O2.C4H2BrFS/c1-9(2)10(3,4)16-13(15-9)14-17-11(5,6)12(7,8)18-14;1-9(2)10(3,4)14-11(13-9)7-5-6-8(12)15-7;10-8-2-1-7(16-8)5-3-12-4-6(9(5)11)13(14)15;10-8-2-1-7(14-8)5-3-13-4-6(11)9(5)12;6-3-1-8-2-4(5(3)7)9(10)11;5-3-1-2-4(6)7-3/h1-8H3;5-6H,1-4H3;1-4H,(H2,11,12);1-4H,11H2,(H2,12,13);1-2H,(H2,7,8);1-2H. The van der Waals surface area contributed by atoms with Crippen molar-refractivity contribution in [1.29, 1.82) is 0 Å². The zero-order valence-corrected chi connectivity index (χ0v) is 52.3. The maximum atomic E-state index is 12.9. The number of halogens is 6. The summed E-state index contributed by atoms with van der Waals surface area (Å²) in [6.07, 6.45) is 8.03. The van der Waals surface area contributed by atoms with Gasteiger partial charge in [-0.3, -0.25) is 35.2 Å². The number of nitrogen functional groups attached to an aromatic ring is 4. The molecule has 3 saturated heterocycles. The number of nitro groups is 2. The minimum absolute atomic E-state index is 0.00171. The van der Waals surface area contributed by atoms with Crippen molar-refractivity contribution in [1.82, 2.24) is 15.0 Å². The largest absolute Gasteiger partial charge is 0.505 e. The van der Waals surface area contributed by atoms with Crippen LogP contribution >= 0.6 is 77.2 Å². The molecule has 3 aliphatic heterocycles. The quantitative estimate of drug-likeness (QED) is 0.0521. The Kier molecular flexibility index (Phi) is 21.9. The van der Waals surface area contributed by atoms with Crippen LogP contribution in [0.5, 0.6) is 0 Å². The van der Waals surface area contributed by atoms with Gasteiger partial charge in [0, 0.05) is 44.2 Å². The molecule has 7 aromatic heterocycles. The molecule has 8 N–H and O–H groups in total. The van der Waals surface area contributed by atoms with Gasteiger partial charge in [-0.15, -0.1) is 34.0 Å². The van der Waals surface area contributed by atoms with Gasteiger partial charge in [0.25, 0.3) is 0 Å². The lowest BCUT2D eigenvalue weighted by molar-refractivity contribution is -0.384. The van der Waals surface area contributed by atoms with Crippen LogP contribution in [0.3, 0.4) is 0 Å². The first-order chi connectivity index (χ1) is 37.4.